The summed E-state index contributed by atoms with van der Waals surface area (Å²) in [7, 11) is 1.67. The number of benzene rings is 3. The number of carbonyl (C=O) groups excluding carboxylic acids is 1. The van der Waals surface area contributed by atoms with Crippen LogP contribution in [0.2, 0.25) is 0 Å². The van der Waals surface area contributed by atoms with E-state index in [0.29, 0.717) is 30.2 Å². The third-order valence-electron chi connectivity index (χ3n) is 6.54. The van der Waals surface area contributed by atoms with Crippen LogP contribution >= 0.6 is 0 Å². The molecule has 4 N–H and O–H groups in total. The average Bonchev–Trinajstić information content (AvgIpc) is 3.79. The van der Waals surface area contributed by atoms with Crippen molar-refractivity contribution in [1.29, 1.82) is 0 Å². The molecule has 1 fully saturated rings. The first-order chi connectivity index (χ1) is 19.5. The van der Waals surface area contributed by atoms with Crippen LogP contribution in [-0.2, 0) is 11.3 Å². The monoisotopic (exact) mass is 569 g/mol. The van der Waals surface area contributed by atoms with E-state index >= 15 is 0 Å². The van der Waals surface area contributed by atoms with Crippen LogP contribution in [0.1, 0.15) is 41.1 Å². The molecule has 218 valence electrons. The zero-order chi connectivity index (χ0) is 30.0. The lowest BCUT2D eigenvalue weighted by Gasteiger charge is -2.21. The van der Waals surface area contributed by atoms with E-state index in [0.717, 1.165) is 29.3 Å². The van der Waals surface area contributed by atoms with Gasteiger partial charge in [0.05, 0.1) is 24.4 Å². The number of anilines is 1. The maximum absolute atomic E-state index is 13.6. The van der Waals surface area contributed by atoms with Crippen molar-refractivity contribution in [1.82, 2.24) is 5.32 Å². The Kier molecular flexibility index (Phi) is 11.3. The standard InChI is InChI=1S/C19H22FNO.C13H13F3N2O/c1-13-11-16(7-10-18(13)20)19(21-12-14-3-4-14)15-5-8-17(22-2)9-6-15;1-9(13(14,15)16)5-12(8-19)18-11-4-2-3-10(6-11)7-17/h5-11,14,19,21H,3-4,12H2,1-2H3;2-6,8,18H,1,7,17H2/b;12-5-. The predicted octanol–water partition coefficient (Wildman–Crippen LogP) is 6.99. The van der Waals surface area contributed by atoms with Gasteiger partial charge >= 0.3 is 6.18 Å². The molecule has 41 heavy (non-hydrogen) atoms. The fraction of sp³-hybridized carbons (Fsp3) is 0.281. The topological polar surface area (TPSA) is 76.4 Å². The third kappa shape index (κ3) is 9.88. The van der Waals surface area contributed by atoms with E-state index in [-0.39, 0.29) is 17.6 Å². The van der Waals surface area contributed by atoms with Crippen LogP contribution in [-0.4, -0.2) is 26.1 Å². The first-order valence-electron chi connectivity index (χ1n) is 13.2. The molecule has 0 aromatic heterocycles. The average molecular weight is 570 g/mol. The highest BCUT2D eigenvalue weighted by atomic mass is 19.4. The minimum absolute atomic E-state index is 0.0887. The molecule has 5 nitrogen and oxygen atoms in total. The third-order valence-corrected chi connectivity index (χ3v) is 6.54. The molecular formula is C32H35F4N3O2. The van der Waals surface area contributed by atoms with Gasteiger partial charge in [0.25, 0.3) is 0 Å². The predicted molar refractivity (Wildman–Crippen MR) is 154 cm³/mol. The van der Waals surface area contributed by atoms with Gasteiger partial charge in [0.15, 0.2) is 6.29 Å². The lowest BCUT2D eigenvalue weighted by atomic mass is 9.97. The SMILES string of the molecule is C=C(/C=C(/C=O)Nc1cccc(CN)c1)C(F)(F)F.COc1ccc(C(NCC2CC2)c2ccc(F)c(C)c2)cc1. The first kappa shape index (κ1) is 31.6. The van der Waals surface area contributed by atoms with Gasteiger partial charge in [0.2, 0.25) is 0 Å². The van der Waals surface area contributed by atoms with Gasteiger partial charge in [-0.05, 0) is 90.9 Å². The fourth-order valence-corrected chi connectivity index (χ4v) is 3.99. The van der Waals surface area contributed by atoms with Crippen molar-refractivity contribution >= 4 is 12.0 Å². The molecule has 3 aromatic rings. The summed E-state index contributed by atoms with van der Waals surface area (Å²) >= 11 is 0. The van der Waals surface area contributed by atoms with E-state index < -0.39 is 11.7 Å². The van der Waals surface area contributed by atoms with Crippen molar-refractivity contribution in [3.8, 4) is 5.75 Å². The summed E-state index contributed by atoms with van der Waals surface area (Å²) in [6.45, 7) is 5.98. The normalized spacial score (nSPS) is 14.0. The van der Waals surface area contributed by atoms with Gasteiger partial charge in [0.1, 0.15) is 11.6 Å². The molecule has 1 aliphatic rings. The van der Waals surface area contributed by atoms with E-state index in [9.17, 15) is 22.4 Å². The second kappa shape index (κ2) is 14.6. The van der Waals surface area contributed by atoms with Crippen molar-refractivity contribution in [3.63, 3.8) is 0 Å². The summed E-state index contributed by atoms with van der Waals surface area (Å²) in [5, 5.41) is 6.22. The maximum atomic E-state index is 13.6. The molecule has 1 unspecified atom stereocenters. The van der Waals surface area contributed by atoms with Gasteiger partial charge in [-0.15, -0.1) is 0 Å². The Morgan fingerprint density at radius 2 is 1.78 bits per heavy atom. The summed E-state index contributed by atoms with van der Waals surface area (Å²) in [6.07, 6.45) is -0.987. The highest BCUT2D eigenvalue weighted by Gasteiger charge is 2.30. The molecule has 0 aliphatic heterocycles. The molecule has 0 heterocycles. The van der Waals surface area contributed by atoms with Crippen molar-refractivity contribution in [2.45, 2.75) is 38.5 Å². The zero-order valence-corrected chi connectivity index (χ0v) is 23.1. The van der Waals surface area contributed by atoms with Gasteiger partial charge in [-0.25, -0.2) is 4.39 Å². The number of allylic oxidation sites excluding steroid dienone is 3. The zero-order valence-electron chi connectivity index (χ0n) is 23.1. The van der Waals surface area contributed by atoms with Crippen molar-refractivity contribution in [2.24, 2.45) is 11.7 Å². The molecule has 9 heteroatoms. The molecule has 1 aliphatic carbocycles. The second-order valence-corrected chi connectivity index (χ2v) is 9.84. The number of aryl methyl sites for hydroxylation is 1. The smallest absolute Gasteiger partial charge is 0.415 e. The van der Waals surface area contributed by atoms with E-state index in [1.54, 1.807) is 37.4 Å². The minimum atomic E-state index is -4.56. The van der Waals surface area contributed by atoms with Crippen LogP contribution in [0.15, 0.2) is 90.7 Å². The molecule has 1 atom stereocenters. The molecule has 3 aromatic carbocycles. The molecule has 0 amide bonds. The number of nitrogens with one attached hydrogen (secondary N) is 2. The van der Waals surface area contributed by atoms with Gasteiger partial charge in [-0.3, -0.25) is 4.79 Å². The molecule has 4 rings (SSSR count). The summed E-state index contributed by atoms with van der Waals surface area (Å²) in [5.41, 5.74) is 8.36. The Hall–Kier alpha value is -3.95. The number of ether oxygens (including phenoxy) is 1. The molecular weight excluding hydrogens is 534 g/mol. The van der Waals surface area contributed by atoms with Gasteiger partial charge in [-0.2, -0.15) is 13.2 Å². The van der Waals surface area contributed by atoms with E-state index in [4.69, 9.17) is 10.5 Å². The Balaban J connectivity index is 0.000000229. The second-order valence-electron chi connectivity index (χ2n) is 9.84. The minimum Gasteiger partial charge on any atom is -0.497 e. The number of rotatable bonds is 11. The van der Waals surface area contributed by atoms with Crippen LogP contribution in [0.3, 0.4) is 0 Å². The quantitative estimate of drug-likeness (QED) is 0.100. The summed E-state index contributed by atoms with van der Waals surface area (Å²) in [6, 6.07) is 20.3. The summed E-state index contributed by atoms with van der Waals surface area (Å²) < 4.78 is 55.7. The van der Waals surface area contributed by atoms with Crippen molar-refractivity contribution in [3.05, 3.63) is 119 Å². The number of nitrogens with two attached hydrogens (primary N) is 1. The molecule has 1 saturated carbocycles. The van der Waals surface area contributed by atoms with Crippen molar-refractivity contribution < 1.29 is 27.1 Å². The van der Waals surface area contributed by atoms with Gasteiger partial charge in [0, 0.05) is 12.2 Å². The van der Waals surface area contributed by atoms with Gasteiger partial charge in [-0.1, -0.05) is 43.0 Å². The fourth-order valence-electron chi connectivity index (χ4n) is 3.99. The van der Waals surface area contributed by atoms with E-state index in [2.05, 4.69) is 29.3 Å². The highest BCUT2D eigenvalue weighted by Crippen LogP contribution is 2.31. The summed E-state index contributed by atoms with van der Waals surface area (Å²) in [5.74, 6) is 1.49. The number of hydrogen-bond donors (Lipinski definition) is 3. The number of halogens is 4. The molecule has 0 saturated heterocycles. The maximum Gasteiger partial charge on any atom is 0.415 e. The highest BCUT2D eigenvalue weighted by molar-refractivity contribution is 5.79. The number of hydrogen-bond acceptors (Lipinski definition) is 5. The first-order valence-corrected chi connectivity index (χ1v) is 13.2. The van der Waals surface area contributed by atoms with E-state index in [1.165, 1.54) is 18.4 Å². The number of alkyl halides is 3. The molecule has 0 radical (unpaired) electrons. The van der Waals surface area contributed by atoms with Crippen LogP contribution in [0.5, 0.6) is 5.75 Å². The largest absolute Gasteiger partial charge is 0.497 e. The van der Waals surface area contributed by atoms with Crippen LogP contribution in [0.25, 0.3) is 0 Å². The van der Waals surface area contributed by atoms with Crippen LogP contribution in [0, 0.1) is 18.7 Å². The Morgan fingerprint density at radius 3 is 2.34 bits per heavy atom. The number of carbonyl (C=O) groups is 1. The molecule has 0 bridgehead atoms. The van der Waals surface area contributed by atoms with Crippen LogP contribution < -0.4 is 21.1 Å². The van der Waals surface area contributed by atoms with Gasteiger partial charge < -0.3 is 21.1 Å². The van der Waals surface area contributed by atoms with Crippen LogP contribution in [0.4, 0.5) is 23.2 Å². The van der Waals surface area contributed by atoms with E-state index in [1.807, 2.05) is 31.2 Å². The summed E-state index contributed by atoms with van der Waals surface area (Å²) in [4.78, 5) is 10.8. The Labute approximate surface area is 238 Å². The lowest BCUT2D eigenvalue weighted by molar-refractivity contribution is -0.104. The Morgan fingerprint density at radius 1 is 1.10 bits per heavy atom. The lowest BCUT2D eigenvalue weighted by Crippen LogP contribution is -2.24. The number of aldehydes is 1. The number of methoxy groups -OCH3 is 1. The molecule has 0 spiro atoms. The van der Waals surface area contributed by atoms with Crippen molar-refractivity contribution in [2.75, 3.05) is 19.0 Å². The Bertz CT molecular complexity index is 1350.